The Morgan fingerprint density at radius 1 is 1.56 bits per heavy atom. The smallest absolute Gasteiger partial charge is 0.244 e. The highest BCUT2D eigenvalue weighted by Gasteiger charge is 2.21. The lowest BCUT2D eigenvalue weighted by Gasteiger charge is -2.16. The number of carbonyl (C=O) groups excluding carboxylic acids is 1. The van der Waals surface area contributed by atoms with Crippen molar-refractivity contribution in [2.75, 3.05) is 0 Å². The molecule has 1 fully saturated rings. The number of carbonyl (C=O) groups is 1. The van der Waals surface area contributed by atoms with E-state index < -0.39 is 0 Å². The molecule has 1 aliphatic carbocycles. The fourth-order valence-corrected chi connectivity index (χ4v) is 2.16. The highest BCUT2D eigenvalue weighted by Crippen LogP contribution is 2.18. The highest BCUT2D eigenvalue weighted by atomic mass is 16.2. The van der Waals surface area contributed by atoms with Gasteiger partial charge < -0.3 is 5.32 Å². The Balaban J connectivity index is 1.93. The molecular weight excluding hydrogens is 202 g/mol. The molecule has 1 aromatic rings. The third-order valence-electron chi connectivity index (χ3n) is 3.21. The first kappa shape index (κ1) is 11.2. The molecule has 1 N–H and O–H groups in total. The average Bonchev–Trinajstić information content (AvgIpc) is 2.88. The maximum Gasteiger partial charge on any atom is 0.244 e. The van der Waals surface area contributed by atoms with E-state index >= 15 is 0 Å². The van der Waals surface area contributed by atoms with Gasteiger partial charge in [-0.15, -0.1) is 0 Å². The van der Waals surface area contributed by atoms with Crippen LogP contribution in [0.2, 0.25) is 0 Å². The summed E-state index contributed by atoms with van der Waals surface area (Å²) in [5.41, 5.74) is 1.08. The van der Waals surface area contributed by atoms with E-state index in [2.05, 4.69) is 10.4 Å². The molecule has 4 nitrogen and oxygen atoms in total. The SMILES string of the molecule is Cc1cnn(C(C)C(=O)NC2CCCC2)c1. The number of nitrogens with zero attached hydrogens (tertiary/aromatic N) is 2. The van der Waals surface area contributed by atoms with Crippen molar-refractivity contribution in [2.45, 2.75) is 51.6 Å². The van der Waals surface area contributed by atoms with Crippen molar-refractivity contribution >= 4 is 5.91 Å². The molecule has 2 rings (SSSR count). The minimum Gasteiger partial charge on any atom is -0.352 e. The maximum absolute atomic E-state index is 11.9. The van der Waals surface area contributed by atoms with Crippen molar-refractivity contribution in [3.8, 4) is 0 Å². The van der Waals surface area contributed by atoms with E-state index in [1.165, 1.54) is 12.8 Å². The van der Waals surface area contributed by atoms with Crippen LogP contribution in [0.25, 0.3) is 0 Å². The van der Waals surface area contributed by atoms with Gasteiger partial charge in [-0.2, -0.15) is 5.10 Å². The number of hydrogen-bond donors (Lipinski definition) is 1. The third kappa shape index (κ3) is 2.43. The van der Waals surface area contributed by atoms with Crippen LogP contribution in [0, 0.1) is 6.92 Å². The van der Waals surface area contributed by atoms with Crippen molar-refractivity contribution in [2.24, 2.45) is 0 Å². The van der Waals surface area contributed by atoms with E-state index in [1.807, 2.05) is 20.0 Å². The van der Waals surface area contributed by atoms with Crippen molar-refractivity contribution in [3.63, 3.8) is 0 Å². The molecule has 0 aromatic carbocycles. The van der Waals surface area contributed by atoms with Gasteiger partial charge in [0.15, 0.2) is 0 Å². The van der Waals surface area contributed by atoms with Crippen LogP contribution in [-0.2, 0) is 4.79 Å². The number of rotatable bonds is 3. The van der Waals surface area contributed by atoms with Gasteiger partial charge in [-0.25, -0.2) is 0 Å². The number of aryl methyl sites for hydroxylation is 1. The molecule has 16 heavy (non-hydrogen) atoms. The minimum atomic E-state index is -0.214. The van der Waals surface area contributed by atoms with Crippen LogP contribution in [0.3, 0.4) is 0 Å². The number of amides is 1. The van der Waals surface area contributed by atoms with Crippen molar-refractivity contribution in [1.82, 2.24) is 15.1 Å². The molecule has 1 amide bonds. The van der Waals surface area contributed by atoms with Gasteiger partial charge in [0.25, 0.3) is 0 Å². The molecule has 1 heterocycles. The summed E-state index contributed by atoms with van der Waals surface area (Å²) in [7, 11) is 0. The van der Waals surface area contributed by atoms with Crippen LogP contribution in [0.1, 0.15) is 44.2 Å². The van der Waals surface area contributed by atoms with Crippen molar-refractivity contribution in [1.29, 1.82) is 0 Å². The summed E-state index contributed by atoms with van der Waals surface area (Å²) in [5, 5.41) is 7.25. The highest BCUT2D eigenvalue weighted by molar-refractivity contribution is 5.80. The van der Waals surface area contributed by atoms with E-state index in [1.54, 1.807) is 10.9 Å². The fourth-order valence-electron chi connectivity index (χ4n) is 2.16. The van der Waals surface area contributed by atoms with E-state index in [0.29, 0.717) is 6.04 Å². The molecule has 1 aliphatic rings. The third-order valence-corrected chi connectivity index (χ3v) is 3.21. The molecule has 1 atom stereocenters. The second kappa shape index (κ2) is 4.68. The molecule has 4 heteroatoms. The van der Waals surface area contributed by atoms with E-state index in [4.69, 9.17) is 0 Å². The van der Waals surface area contributed by atoms with Crippen LogP contribution in [0.4, 0.5) is 0 Å². The van der Waals surface area contributed by atoms with Crippen LogP contribution in [0.15, 0.2) is 12.4 Å². The quantitative estimate of drug-likeness (QED) is 0.846. The second-order valence-corrected chi connectivity index (χ2v) is 4.66. The van der Waals surface area contributed by atoms with E-state index in [9.17, 15) is 4.79 Å². The zero-order chi connectivity index (χ0) is 11.5. The Morgan fingerprint density at radius 2 is 2.25 bits per heavy atom. The Hall–Kier alpha value is -1.32. The Kier molecular flexibility index (Phi) is 3.27. The molecule has 0 bridgehead atoms. The fraction of sp³-hybridized carbons (Fsp3) is 0.667. The van der Waals surface area contributed by atoms with Gasteiger partial charge in [0.05, 0.1) is 6.20 Å². The lowest BCUT2D eigenvalue weighted by atomic mass is 10.2. The predicted octanol–water partition coefficient (Wildman–Crippen LogP) is 1.81. The Morgan fingerprint density at radius 3 is 2.81 bits per heavy atom. The molecule has 1 aromatic heterocycles. The van der Waals surface area contributed by atoms with Crippen LogP contribution >= 0.6 is 0 Å². The number of hydrogen-bond acceptors (Lipinski definition) is 2. The summed E-state index contributed by atoms with van der Waals surface area (Å²) < 4.78 is 1.72. The molecule has 0 saturated heterocycles. The molecule has 0 aliphatic heterocycles. The summed E-state index contributed by atoms with van der Waals surface area (Å²) in [4.78, 5) is 11.9. The summed E-state index contributed by atoms with van der Waals surface area (Å²) in [6.45, 7) is 3.86. The summed E-state index contributed by atoms with van der Waals surface area (Å²) in [6, 6.07) is 0.168. The Labute approximate surface area is 96.0 Å². The number of nitrogens with one attached hydrogen (secondary N) is 1. The molecule has 88 valence electrons. The van der Waals surface area contributed by atoms with E-state index in [0.717, 1.165) is 18.4 Å². The summed E-state index contributed by atoms with van der Waals surface area (Å²) >= 11 is 0. The molecule has 1 saturated carbocycles. The molecular formula is C12H19N3O. The first-order chi connectivity index (χ1) is 7.66. The molecule has 0 radical (unpaired) electrons. The lowest BCUT2D eigenvalue weighted by molar-refractivity contribution is -0.124. The van der Waals surface area contributed by atoms with Crippen molar-refractivity contribution < 1.29 is 4.79 Å². The zero-order valence-electron chi connectivity index (χ0n) is 9.94. The topological polar surface area (TPSA) is 46.9 Å². The van der Waals surface area contributed by atoms with Crippen LogP contribution in [0.5, 0.6) is 0 Å². The molecule has 1 unspecified atom stereocenters. The van der Waals surface area contributed by atoms with Gasteiger partial charge in [0.1, 0.15) is 6.04 Å². The van der Waals surface area contributed by atoms with Crippen LogP contribution < -0.4 is 5.32 Å². The second-order valence-electron chi connectivity index (χ2n) is 4.66. The average molecular weight is 221 g/mol. The zero-order valence-corrected chi connectivity index (χ0v) is 9.94. The van der Waals surface area contributed by atoms with Crippen LogP contribution in [-0.4, -0.2) is 21.7 Å². The van der Waals surface area contributed by atoms with Gasteiger partial charge in [-0.3, -0.25) is 9.48 Å². The summed E-state index contributed by atoms with van der Waals surface area (Å²) in [6.07, 6.45) is 8.39. The van der Waals surface area contributed by atoms with Gasteiger partial charge in [0, 0.05) is 12.2 Å². The van der Waals surface area contributed by atoms with Gasteiger partial charge in [-0.1, -0.05) is 12.8 Å². The van der Waals surface area contributed by atoms with Gasteiger partial charge in [-0.05, 0) is 32.3 Å². The first-order valence-corrected chi connectivity index (χ1v) is 5.98. The largest absolute Gasteiger partial charge is 0.352 e. The van der Waals surface area contributed by atoms with Gasteiger partial charge in [0.2, 0.25) is 5.91 Å². The standard InChI is InChI=1S/C12H19N3O/c1-9-7-13-15(8-9)10(2)12(16)14-11-5-3-4-6-11/h7-8,10-11H,3-6H2,1-2H3,(H,14,16). The predicted molar refractivity (Wildman–Crippen MR) is 62.1 cm³/mol. The minimum absolute atomic E-state index is 0.0787. The summed E-state index contributed by atoms with van der Waals surface area (Å²) in [5.74, 6) is 0.0787. The van der Waals surface area contributed by atoms with E-state index in [-0.39, 0.29) is 11.9 Å². The number of aromatic nitrogens is 2. The first-order valence-electron chi connectivity index (χ1n) is 5.98. The molecule has 0 spiro atoms. The lowest BCUT2D eigenvalue weighted by Crippen LogP contribution is -2.37. The normalized spacial score (nSPS) is 18.6. The maximum atomic E-state index is 11.9. The monoisotopic (exact) mass is 221 g/mol. The van der Waals surface area contributed by atoms with Crippen molar-refractivity contribution in [3.05, 3.63) is 18.0 Å². The van der Waals surface area contributed by atoms with Gasteiger partial charge >= 0.3 is 0 Å². The Bertz CT molecular complexity index is 366.